The molecule has 9 heteroatoms. The van der Waals surface area contributed by atoms with E-state index >= 15 is 0 Å². The van der Waals surface area contributed by atoms with Gasteiger partial charge >= 0.3 is 53.2 Å². The fourth-order valence-corrected chi connectivity index (χ4v) is 0. The SMILES string of the molecule is O=[N+]([O-])[O-].[NH4+].[Na+].[O]=[GeH][O-]. The molecule has 0 bridgehead atoms. The summed E-state index contributed by atoms with van der Waals surface area (Å²) in [4.78, 5) is 8.25. The second kappa shape index (κ2) is 23.9. The molecule has 7 nitrogen and oxygen atoms in total. The Bertz CT molecular complexity index is 62.0. The quantitative estimate of drug-likeness (QED) is 0.241. The Balaban J connectivity index is -0.0000000233. The van der Waals surface area contributed by atoms with Crippen molar-refractivity contribution >= 4 is 15.7 Å². The maximum absolute atomic E-state index is 8.53. The van der Waals surface area contributed by atoms with Crippen LogP contribution >= 0.6 is 0 Å². The molecule has 4 N–H and O–H groups in total. The van der Waals surface area contributed by atoms with Crippen molar-refractivity contribution in [3.8, 4) is 0 Å². The zero-order valence-electron chi connectivity index (χ0n) is 5.07. The van der Waals surface area contributed by atoms with Crippen molar-refractivity contribution in [3.05, 3.63) is 15.3 Å². The van der Waals surface area contributed by atoms with Gasteiger partial charge in [0, 0.05) is 0 Å². The Kier molecular flexibility index (Phi) is 60.6. The van der Waals surface area contributed by atoms with Gasteiger partial charge in [0.2, 0.25) is 0 Å². The molecule has 0 atom stereocenters. The molecule has 0 fully saturated rings. The Hall–Kier alpha value is 0.303. The van der Waals surface area contributed by atoms with Gasteiger partial charge in [-0.2, -0.15) is 0 Å². The maximum atomic E-state index is 8.53. The summed E-state index contributed by atoms with van der Waals surface area (Å²) >= 11 is -2.19. The molecule has 0 spiro atoms. The third-order valence-corrected chi connectivity index (χ3v) is 0. The molecule has 0 aromatic carbocycles. The Labute approximate surface area is 79.5 Å². The fourth-order valence-electron chi connectivity index (χ4n) is 0. The first kappa shape index (κ1) is 22.8. The van der Waals surface area contributed by atoms with E-state index in [0.717, 1.165) is 0 Å². The minimum atomic E-state index is -2.19. The zero-order chi connectivity index (χ0) is 6.28. The van der Waals surface area contributed by atoms with Crippen LogP contribution in [0.4, 0.5) is 0 Å². The van der Waals surface area contributed by atoms with Crippen molar-refractivity contribution < 1.29 is 42.6 Å². The number of quaternary nitrogens is 1. The molecular formula is H5GeN2NaO5. The Morgan fingerprint density at radius 1 is 1.33 bits per heavy atom. The summed E-state index contributed by atoms with van der Waals surface area (Å²) in [6, 6.07) is 0. The number of nitrogens with zero attached hydrogens (tertiary/aromatic N) is 1. The summed E-state index contributed by atoms with van der Waals surface area (Å²) in [5.74, 6) is 0. The van der Waals surface area contributed by atoms with Gasteiger partial charge in [-0.15, -0.1) is 0 Å². The topological polar surface area (TPSA) is 143 Å². The first-order valence-electron chi connectivity index (χ1n) is 1.02. The monoisotopic (exact) mass is 210 g/mol. The third kappa shape index (κ3) is 3600. The second-order valence-corrected chi connectivity index (χ2v) is 0.724. The Morgan fingerprint density at radius 2 is 1.33 bits per heavy atom. The molecule has 0 heterocycles. The summed E-state index contributed by atoms with van der Waals surface area (Å²) in [5, 5.41) is 14.8. The molecule has 0 rings (SSSR count). The first-order valence-corrected chi connectivity index (χ1v) is 3.00. The van der Waals surface area contributed by atoms with Crippen molar-refractivity contribution in [2.45, 2.75) is 0 Å². The molecule has 0 aromatic rings. The molecule has 0 saturated carbocycles. The van der Waals surface area contributed by atoms with Gasteiger partial charge < -0.3 is 21.5 Å². The predicted molar refractivity (Wildman–Crippen MR) is 24.2 cm³/mol. The van der Waals surface area contributed by atoms with Crippen molar-refractivity contribution in [1.82, 2.24) is 6.15 Å². The van der Waals surface area contributed by atoms with Crippen LogP contribution in [0.3, 0.4) is 0 Å². The van der Waals surface area contributed by atoms with Crippen LogP contribution in [0.2, 0.25) is 0 Å². The van der Waals surface area contributed by atoms with Gasteiger partial charge in [-0.3, -0.25) is 0 Å². The average Bonchev–Trinajstić information content (AvgIpc) is 1.33. The van der Waals surface area contributed by atoms with Crippen LogP contribution < -0.4 is 39.8 Å². The van der Waals surface area contributed by atoms with Gasteiger partial charge in [0.15, 0.2) is 0 Å². The molecular weight excluding hydrogens is 204 g/mol. The van der Waals surface area contributed by atoms with Gasteiger partial charge in [0.05, 0.1) is 5.09 Å². The van der Waals surface area contributed by atoms with E-state index in [9.17, 15) is 0 Å². The number of rotatable bonds is 0. The summed E-state index contributed by atoms with van der Waals surface area (Å²) in [6.07, 6.45) is 0. The van der Waals surface area contributed by atoms with Crippen molar-refractivity contribution in [1.29, 1.82) is 0 Å². The summed E-state index contributed by atoms with van der Waals surface area (Å²) in [5.41, 5.74) is 0. The molecule has 0 saturated heterocycles. The van der Waals surface area contributed by atoms with Gasteiger partial charge in [-0.05, 0) is 0 Å². The van der Waals surface area contributed by atoms with Gasteiger partial charge in [0.25, 0.3) is 0 Å². The molecule has 9 heavy (non-hydrogen) atoms. The summed E-state index contributed by atoms with van der Waals surface area (Å²) in [6.45, 7) is 0. The van der Waals surface area contributed by atoms with Gasteiger partial charge in [0.1, 0.15) is 0 Å². The van der Waals surface area contributed by atoms with Crippen molar-refractivity contribution in [3.63, 3.8) is 0 Å². The first-order chi connectivity index (χ1) is 3.15. The standard InChI is InChI=1S/GeHO2.NO3.H3N.Na/c2-1-3;2-1(3)4;;/h1H;;1H3;/q2*-1;;+1/p+1. The van der Waals surface area contributed by atoms with Crippen LogP contribution in [0.15, 0.2) is 0 Å². The van der Waals surface area contributed by atoms with Gasteiger partial charge in [-0.1, -0.05) is 0 Å². The Morgan fingerprint density at radius 3 is 1.33 bits per heavy atom. The summed E-state index contributed by atoms with van der Waals surface area (Å²) < 4.78 is 17.1. The zero-order valence-corrected chi connectivity index (χ0v) is 9.49. The fraction of sp³-hybridized carbons (Fsp3) is 0. The van der Waals surface area contributed by atoms with E-state index in [1.54, 1.807) is 0 Å². The second-order valence-electron chi connectivity index (χ2n) is 0.320. The molecule has 0 aliphatic carbocycles. The van der Waals surface area contributed by atoms with Gasteiger partial charge in [-0.25, -0.2) is 0 Å². The van der Waals surface area contributed by atoms with E-state index in [2.05, 4.69) is 0 Å². The third-order valence-electron chi connectivity index (χ3n) is 0. The van der Waals surface area contributed by atoms with E-state index < -0.39 is 20.8 Å². The van der Waals surface area contributed by atoms with Crippen LogP contribution in [0, 0.1) is 15.3 Å². The van der Waals surface area contributed by atoms with E-state index in [1.165, 1.54) is 0 Å². The van der Waals surface area contributed by atoms with Crippen LogP contribution in [0.25, 0.3) is 0 Å². The molecule has 0 aliphatic heterocycles. The normalized spacial score (nSPS) is 4.00. The van der Waals surface area contributed by atoms with Crippen LogP contribution in [-0.4, -0.2) is 20.8 Å². The average molecular weight is 209 g/mol. The number of hydrogen-bond donors (Lipinski definition) is 1. The van der Waals surface area contributed by atoms with Crippen molar-refractivity contribution in [2.75, 3.05) is 0 Å². The van der Waals surface area contributed by atoms with E-state index in [-0.39, 0.29) is 35.7 Å². The molecule has 0 radical (unpaired) electrons. The molecule has 0 unspecified atom stereocenters. The van der Waals surface area contributed by atoms with E-state index in [1.807, 2.05) is 0 Å². The van der Waals surface area contributed by atoms with E-state index in [4.69, 9.17) is 23.2 Å². The van der Waals surface area contributed by atoms with Crippen LogP contribution in [-0.2, 0) is 3.78 Å². The molecule has 50 valence electrons. The van der Waals surface area contributed by atoms with Crippen molar-refractivity contribution in [2.24, 2.45) is 0 Å². The molecule has 0 amide bonds. The minimum absolute atomic E-state index is 0. The summed E-state index contributed by atoms with van der Waals surface area (Å²) in [7, 11) is 0. The number of hydrogen-bond acceptors (Lipinski definition) is 5. The van der Waals surface area contributed by atoms with E-state index in [0.29, 0.717) is 0 Å². The molecule has 0 aromatic heterocycles. The van der Waals surface area contributed by atoms with Crippen LogP contribution in [0.1, 0.15) is 0 Å². The molecule has 0 aliphatic rings. The van der Waals surface area contributed by atoms with Crippen LogP contribution in [0.5, 0.6) is 0 Å². The predicted octanol–water partition coefficient (Wildman–Crippen LogP) is -4.82.